The van der Waals surface area contributed by atoms with Gasteiger partial charge in [-0.25, -0.2) is 9.78 Å². The number of anilines is 1. The Labute approximate surface area is 181 Å². The normalized spacial score (nSPS) is 11.1. The molecular weight excluding hydrogens is 463 g/mol. The van der Waals surface area contributed by atoms with Crippen LogP contribution in [-0.2, 0) is 9.53 Å². The van der Waals surface area contributed by atoms with Gasteiger partial charge in [-0.05, 0) is 24.3 Å². The molecule has 0 fully saturated rings. The number of aromatic nitrogens is 1. The molecule has 0 aliphatic carbocycles. The van der Waals surface area contributed by atoms with Gasteiger partial charge in [0.05, 0.1) is 20.3 Å². The maximum atomic E-state index is 12.4. The number of hydrogen-bond acceptors (Lipinski definition) is 6. The summed E-state index contributed by atoms with van der Waals surface area (Å²) < 4.78 is 6.70. The number of nitrogens with one attached hydrogen (secondary N) is 1. The van der Waals surface area contributed by atoms with Crippen LogP contribution in [0.2, 0.25) is 15.1 Å². The molecule has 0 aliphatic heterocycles. The van der Waals surface area contributed by atoms with Crippen molar-refractivity contribution in [3.8, 4) is 0 Å². The van der Waals surface area contributed by atoms with Crippen LogP contribution < -0.4 is 5.32 Å². The molecule has 0 bridgehead atoms. The number of rotatable bonds is 4. The molecule has 0 unspecified atom stereocenters. The van der Waals surface area contributed by atoms with Crippen LogP contribution in [0.1, 0.15) is 9.67 Å². The van der Waals surface area contributed by atoms with E-state index in [0.29, 0.717) is 25.3 Å². The van der Waals surface area contributed by atoms with Gasteiger partial charge in [0.1, 0.15) is 4.88 Å². The Morgan fingerprint density at radius 1 is 1.07 bits per heavy atom. The van der Waals surface area contributed by atoms with Crippen LogP contribution in [0.4, 0.5) is 5.13 Å². The maximum absolute atomic E-state index is 12.4. The number of hydrogen-bond donors (Lipinski definition) is 1. The van der Waals surface area contributed by atoms with Gasteiger partial charge in [-0.3, -0.25) is 10.1 Å². The minimum Gasteiger partial charge on any atom is -0.451 e. The second kappa shape index (κ2) is 7.85. The lowest BCUT2D eigenvalue weighted by Crippen LogP contribution is -2.20. The van der Waals surface area contributed by atoms with Crippen LogP contribution >= 0.6 is 57.5 Å². The molecule has 4 aromatic rings. The van der Waals surface area contributed by atoms with E-state index in [-0.39, 0.29) is 9.90 Å². The topological polar surface area (TPSA) is 68.3 Å². The van der Waals surface area contributed by atoms with E-state index in [1.165, 1.54) is 11.3 Å². The van der Waals surface area contributed by atoms with Crippen molar-refractivity contribution in [1.29, 1.82) is 0 Å². The van der Waals surface area contributed by atoms with Crippen molar-refractivity contribution in [2.45, 2.75) is 0 Å². The molecule has 1 amide bonds. The average molecular weight is 472 g/mol. The van der Waals surface area contributed by atoms with Crippen molar-refractivity contribution in [3.05, 3.63) is 56.3 Å². The minimum atomic E-state index is -0.710. The lowest BCUT2D eigenvalue weighted by molar-refractivity contribution is -0.119. The number of esters is 1. The van der Waals surface area contributed by atoms with E-state index >= 15 is 0 Å². The Hall–Kier alpha value is -1.90. The Morgan fingerprint density at radius 2 is 1.86 bits per heavy atom. The monoisotopic (exact) mass is 470 g/mol. The zero-order valence-electron chi connectivity index (χ0n) is 13.8. The van der Waals surface area contributed by atoms with E-state index in [2.05, 4.69) is 10.3 Å². The van der Waals surface area contributed by atoms with Crippen molar-refractivity contribution >= 4 is 94.8 Å². The molecule has 0 saturated heterocycles. The number of thiazole rings is 1. The van der Waals surface area contributed by atoms with E-state index in [0.717, 1.165) is 21.6 Å². The minimum absolute atomic E-state index is 0.161. The number of benzene rings is 2. The summed E-state index contributed by atoms with van der Waals surface area (Å²) in [5.41, 5.74) is 0.785. The molecule has 142 valence electrons. The third kappa shape index (κ3) is 3.81. The molecule has 28 heavy (non-hydrogen) atoms. The van der Waals surface area contributed by atoms with Crippen LogP contribution in [0.5, 0.6) is 0 Å². The molecule has 10 heteroatoms. The number of nitrogens with zero attached hydrogens (tertiary/aromatic N) is 1. The van der Waals surface area contributed by atoms with Crippen molar-refractivity contribution in [2.24, 2.45) is 0 Å². The third-order valence-electron chi connectivity index (χ3n) is 3.71. The lowest BCUT2D eigenvalue weighted by Gasteiger charge is -2.03. The standard InChI is InChI=1S/C18H9Cl3N2O3S2/c19-8-5-9(20)14-12(6-8)27-16(15(14)21)17(25)26-7-13(24)23-18-22-10-3-1-2-4-11(10)28-18/h1-6H,7H2,(H,22,23,24). The van der Waals surface area contributed by atoms with Crippen LogP contribution in [0.15, 0.2) is 36.4 Å². The number of ether oxygens (including phenoxy) is 1. The summed E-state index contributed by atoms with van der Waals surface area (Å²) in [6.45, 7) is -0.464. The first-order chi connectivity index (χ1) is 13.4. The Morgan fingerprint density at radius 3 is 2.64 bits per heavy atom. The smallest absolute Gasteiger partial charge is 0.350 e. The maximum Gasteiger partial charge on any atom is 0.350 e. The number of halogens is 3. The predicted octanol–water partition coefficient (Wildman–Crippen LogP) is 6.27. The molecule has 0 radical (unpaired) electrons. The fourth-order valence-corrected chi connectivity index (χ4v) is 5.67. The second-order valence-electron chi connectivity index (χ2n) is 5.62. The van der Waals surface area contributed by atoms with E-state index in [9.17, 15) is 9.59 Å². The molecule has 2 aromatic heterocycles. The van der Waals surface area contributed by atoms with E-state index < -0.39 is 18.5 Å². The lowest BCUT2D eigenvalue weighted by atomic mass is 10.2. The largest absolute Gasteiger partial charge is 0.451 e. The van der Waals surface area contributed by atoms with Crippen LogP contribution in [-0.4, -0.2) is 23.5 Å². The molecule has 1 N–H and O–H groups in total. The number of carbonyl (C=O) groups excluding carboxylic acids is 2. The first-order valence-electron chi connectivity index (χ1n) is 7.82. The van der Waals surface area contributed by atoms with Gasteiger partial charge < -0.3 is 4.74 Å². The number of para-hydroxylation sites is 1. The number of amides is 1. The third-order valence-corrected chi connectivity index (χ3v) is 6.78. The summed E-state index contributed by atoms with van der Waals surface area (Å²) in [7, 11) is 0. The van der Waals surface area contributed by atoms with E-state index in [1.807, 2.05) is 24.3 Å². The fraction of sp³-hybridized carbons (Fsp3) is 0.0556. The molecule has 0 spiro atoms. The van der Waals surface area contributed by atoms with Gasteiger partial charge in [-0.15, -0.1) is 11.3 Å². The number of carbonyl (C=O) groups is 2. The van der Waals surface area contributed by atoms with E-state index in [1.54, 1.807) is 12.1 Å². The molecule has 0 atom stereocenters. The fourth-order valence-electron chi connectivity index (χ4n) is 2.52. The highest BCUT2D eigenvalue weighted by Gasteiger charge is 2.21. The van der Waals surface area contributed by atoms with Crippen molar-refractivity contribution < 1.29 is 14.3 Å². The van der Waals surface area contributed by atoms with Crippen LogP contribution in [0, 0.1) is 0 Å². The van der Waals surface area contributed by atoms with Crippen molar-refractivity contribution in [1.82, 2.24) is 4.98 Å². The zero-order valence-corrected chi connectivity index (χ0v) is 17.7. The summed E-state index contributed by atoms with van der Waals surface area (Å²) >= 11 is 20.8. The highest BCUT2D eigenvalue weighted by Crippen LogP contribution is 2.41. The summed E-state index contributed by atoms with van der Waals surface area (Å²) in [6.07, 6.45) is 0. The Bertz CT molecular complexity index is 1200. The summed E-state index contributed by atoms with van der Waals surface area (Å²) in [6, 6.07) is 10.7. The molecule has 4 rings (SSSR count). The summed E-state index contributed by atoms with van der Waals surface area (Å²) in [5.74, 6) is -1.21. The molecule has 5 nitrogen and oxygen atoms in total. The Balaban J connectivity index is 1.45. The van der Waals surface area contributed by atoms with Gasteiger partial charge in [-0.1, -0.05) is 58.3 Å². The summed E-state index contributed by atoms with van der Waals surface area (Å²) in [5, 5.41) is 4.54. The summed E-state index contributed by atoms with van der Waals surface area (Å²) in [4.78, 5) is 28.9. The predicted molar refractivity (Wildman–Crippen MR) is 115 cm³/mol. The first-order valence-corrected chi connectivity index (χ1v) is 10.6. The SMILES string of the molecule is O=C(COC(=O)c1sc2cc(Cl)cc(Cl)c2c1Cl)Nc1nc2ccccc2s1. The van der Waals surface area contributed by atoms with Crippen molar-refractivity contribution in [3.63, 3.8) is 0 Å². The number of fused-ring (bicyclic) bond motifs is 2. The van der Waals surface area contributed by atoms with Gasteiger partial charge in [0.2, 0.25) is 0 Å². The Kier molecular flexibility index (Phi) is 5.44. The molecule has 0 aliphatic rings. The number of thiophene rings is 1. The highest BCUT2D eigenvalue weighted by atomic mass is 35.5. The van der Waals surface area contributed by atoms with E-state index in [4.69, 9.17) is 39.5 Å². The van der Waals surface area contributed by atoms with Gasteiger partial charge >= 0.3 is 5.97 Å². The molecule has 0 saturated carbocycles. The van der Waals surface area contributed by atoms with Crippen LogP contribution in [0.3, 0.4) is 0 Å². The molecule has 2 aromatic carbocycles. The quantitative estimate of drug-likeness (QED) is 0.356. The average Bonchev–Trinajstić information content (AvgIpc) is 3.19. The van der Waals surface area contributed by atoms with Gasteiger partial charge in [-0.2, -0.15) is 0 Å². The van der Waals surface area contributed by atoms with Gasteiger partial charge in [0.15, 0.2) is 11.7 Å². The highest BCUT2D eigenvalue weighted by molar-refractivity contribution is 7.22. The van der Waals surface area contributed by atoms with Crippen LogP contribution in [0.25, 0.3) is 20.3 Å². The van der Waals surface area contributed by atoms with Gasteiger partial charge in [0, 0.05) is 15.1 Å². The molecular formula is C18H9Cl3N2O3S2. The first kappa shape index (κ1) is 19.4. The zero-order chi connectivity index (χ0) is 19.8. The second-order valence-corrected chi connectivity index (χ2v) is 8.92. The van der Waals surface area contributed by atoms with Crippen molar-refractivity contribution in [2.75, 3.05) is 11.9 Å². The molecule has 2 heterocycles. The van der Waals surface area contributed by atoms with Gasteiger partial charge in [0.25, 0.3) is 5.91 Å².